The SMILES string of the molecule is CC#CCCCCC.O=C([O-])[O-]. The van der Waals surface area contributed by atoms with Crippen LogP contribution in [0.25, 0.3) is 0 Å². The van der Waals surface area contributed by atoms with Crippen LogP contribution in [0.15, 0.2) is 0 Å². The largest absolute Gasteiger partial charge is 0.652 e. The van der Waals surface area contributed by atoms with E-state index in [0.717, 1.165) is 6.42 Å². The molecule has 0 unspecified atom stereocenters. The van der Waals surface area contributed by atoms with Crippen molar-refractivity contribution < 1.29 is 15.0 Å². The molecular formula is C9H14O3-2. The highest BCUT2D eigenvalue weighted by Crippen LogP contribution is 1.96. The Morgan fingerprint density at radius 3 is 2.17 bits per heavy atom. The molecule has 0 rings (SSSR count). The van der Waals surface area contributed by atoms with Crippen LogP contribution in [0.3, 0.4) is 0 Å². The molecule has 0 amide bonds. The van der Waals surface area contributed by atoms with Gasteiger partial charge in [-0.05, 0) is 19.5 Å². The van der Waals surface area contributed by atoms with Crippen LogP contribution < -0.4 is 10.2 Å². The van der Waals surface area contributed by atoms with Crippen LogP contribution in [-0.4, -0.2) is 6.16 Å². The molecule has 0 aliphatic rings. The summed E-state index contributed by atoms with van der Waals surface area (Å²) in [7, 11) is 0. The van der Waals surface area contributed by atoms with Gasteiger partial charge in [0.1, 0.15) is 0 Å². The Morgan fingerprint density at radius 1 is 1.33 bits per heavy atom. The van der Waals surface area contributed by atoms with Crippen LogP contribution in [0.4, 0.5) is 4.79 Å². The summed E-state index contributed by atoms with van der Waals surface area (Å²) in [4.78, 5) is 8.33. The Bertz CT molecular complexity index is 149. The van der Waals surface area contributed by atoms with Gasteiger partial charge in [-0.1, -0.05) is 19.8 Å². The van der Waals surface area contributed by atoms with E-state index in [4.69, 9.17) is 15.0 Å². The highest BCUT2D eigenvalue weighted by molar-refractivity contribution is 5.47. The van der Waals surface area contributed by atoms with Crippen molar-refractivity contribution in [3.8, 4) is 11.8 Å². The fourth-order valence-electron chi connectivity index (χ4n) is 0.588. The smallest absolute Gasteiger partial charge is 0.00885 e. The fourth-order valence-corrected chi connectivity index (χ4v) is 0.588. The van der Waals surface area contributed by atoms with Crippen LogP contribution in [0.1, 0.15) is 39.5 Å². The summed E-state index contributed by atoms with van der Waals surface area (Å²) in [5.74, 6) is 5.91. The van der Waals surface area contributed by atoms with E-state index in [9.17, 15) is 0 Å². The summed E-state index contributed by atoms with van der Waals surface area (Å²) in [6.45, 7) is 4.10. The van der Waals surface area contributed by atoms with Gasteiger partial charge in [-0.15, -0.1) is 11.8 Å². The van der Waals surface area contributed by atoms with Crippen LogP contribution in [0.2, 0.25) is 0 Å². The first-order valence-corrected chi connectivity index (χ1v) is 3.92. The molecule has 0 bridgehead atoms. The molecule has 70 valence electrons. The molecule has 0 saturated carbocycles. The average molecular weight is 170 g/mol. The summed E-state index contributed by atoms with van der Waals surface area (Å²) in [5.41, 5.74) is 0. The maximum Gasteiger partial charge on any atom is 0.00885 e. The molecule has 3 heteroatoms. The second-order valence-corrected chi connectivity index (χ2v) is 2.13. The third kappa shape index (κ3) is 36.9. The van der Waals surface area contributed by atoms with Crippen molar-refractivity contribution in [2.45, 2.75) is 39.5 Å². The Labute approximate surface area is 73.4 Å². The van der Waals surface area contributed by atoms with E-state index in [1.807, 2.05) is 6.92 Å². The van der Waals surface area contributed by atoms with E-state index in [1.165, 1.54) is 19.3 Å². The molecule has 0 aromatic rings. The van der Waals surface area contributed by atoms with Gasteiger partial charge in [0.15, 0.2) is 0 Å². The Kier molecular flexibility index (Phi) is 14.0. The molecule has 0 aromatic heterocycles. The summed E-state index contributed by atoms with van der Waals surface area (Å²) in [6.07, 6.45) is 2.65. The van der Waals surface area contributed by atoms with E-state index >= 15 is 0 Å². The Morgan fingerprint density at radius 2 is 1.83 bits per heavy atom. The van der Waals surface area contributed by atoms with E-state index < -0.39 is 6.16 Å². The number of hydrogen-bond donors (Lipinski definition) is 0. The van der Waals surface area contributed by atoms with Crippen LogP contribution >= 0.6 is 0 Å². The predicted octanol–water partition coefficient (Wildman–Crippen LogP) is 0.143. The van der Waals surface area contributed by atoms with E-state index in [-0.39, 0.29) is 0 Å². The molecule has 0 aromatic carbocycles. The lowest BCUT2D eigenvalue weighted by Gasteiger charge is -1.96. The molecule has 0 fully saturated rings. The molecule has 0 saturated heterocycles. The van der Waals surface area contributed by atoms with Crippen molar-refractivity contribution in [1.29, 1.82) is 0 Å². The Balaban J connectivity index is 0. The van der Waals surface area contributed by atoms with Crippen molar-refractivity contribution >= 4 is 6.16 Å². The van der Waals surface area contributed by atoms with Gasteiger partial charge in [0.05, 0.1) is 0 Å². The third-order valence-corrected chi connectivity index (χ3v) is 1.08. The average Bonchev–Trinajstić information content (AvgIpc) is 1.97. The standard InChI is InChI=1S/C8H14.CH2O3/c1-3-5-7-8-6-4-2;2-1(3)4/h3,5,7-8H2,1-2H3;(H2,2,3,4)/p-2. The minimum atomic E-state index is -2.33. The number of carboxylic acid groups (broad SMARTS) is 2. The summed E-state index contributed by atoms with van der Waals surface area (Å²) < 4.78 is 0. The van der Waals surface area contributed by atoms with Gasteiger partial charge in [0.25, 0.3) is 0 Å². The molecule has 0 N–H and O–H groups in total. The lowest BCUT2D eigenvalue weighted by Crippen LogP contribution is -2.37. The van der Waals surface area contributed by atoms with Crippen molar-refractivity contribution in [3.05, 3.63) is 0 Å². The third-order valence-electron chi connectivity index (χ3n) is 1.08. The zero-order valence-electron chi connectivity index (χ0n) is 7.55. The molecular weight excluding hydrogens is 156 g/mol. The van der Waals surface area contributed by atoms with Gasteiger partial charge in [-0.25, -0.2) is 0 Å². The summed E-state index contributed by atoms with van der Waals surface area (Å²) in [6, 6.07) is 0. The van der Waals surface area contributed by atoms with Gasteiger partial charge < -0.3 is 15.0 Å². The monoisotopic (exact) mass is 170 g/mol. The number of rotatable bonds is 3. The first-order chi connectivity index (χ1) is 5.65. The molecule has 0 aliphatic heterocycles. The lowest BCUT2D eigenvalue weighted by atomic mass is 10.2. The molecule has 0 heterocycles. The van der Waals surface area contributed by atoms with Crippen LogP contribution in [0, 0.1) is 11.8 Å². The zero-order chi connectivity index (χ0) is 9.82. The first-order valence-electron chi connectivity index (χ1n) is 3.92. The normalized spacial score (nSPS) is 7.17. The van der Waals surface area contributed by atoms with Gasteiger partial charge in [-0.2, -0.15) is 0 Å². The first kappa shape index (κ1) is 13.4. The lowest BCUT2D eigenvalue weighted by molar-refractivity contribution is -0.415. The van der Waals surface area contributed by atoms with E-state index in [1.54, 1.807) is 0 Å². The van der Waals surface area contributed by atoms with Crippen molar-refractivity contribution in [2.24, 2.45) is 0 Å². The van der Waals surface area contributed by atoms with Crippen LogP contribution in [0.5, 0.6) is 0 Å². The van der Waals surface area contributed by atoms with E-state index in [0.29, 0.717) is 0 Å². The van der Waals surface area contributed by atoms with Crippen LogP contribution in [-0.2, 0) is 0 Å². The summed E-state index contributed by atoms with van der Waals surface area (Å²) in [5, 5.41) is 16.7. The number of carbonyl (C=O) groups is 1. The predicted molar refractivity (Wildman–Crippen MR) is 43.0 cm³/mol. The fraction of sp³-hybridized carbons (Fsp3) is 0.667. The van der Waals surface area contributed by atoms with Gasteiger partial charge in [0.2, 0.25) is 0 Å². The van der Waals surface area contributed by atoms with Crippen molar-refractivity contribution in [3.63, 3.8) is 0 Å². The number of carbonyl (C=O) groups excluding carboxylic acids is 1. The van der Waals surface area contributed by atoms with E-state index in [2.05, 4.69) is 18.8 Å². The second kappa shape index (κ2) is 12.5. The molecule has 0 atom stereocenters. The number of hydrogen-bond acceptors (Lipinski definition) is 3. The molecule has 3 nitrogen and oxygen atoms in total. The van der Waals surface area contributed by atoms with Gasteiger partial charge >= 0.3 is 0 Å². The highest BCUT2D eigenvalue weighted by atomic mass is 16.6. The minimum Gasteiger partial charge on any atom is -0.652 e. The maximum atomic E-state index is 8.33. The molecule has 0 radical (unpaired) electrons. The van der Waals surface area contributed by atoms with Gasteiger partial charge in [-0.3, -0.25) is 0 Å². The quantitative estimate of drug-likeness (QED) is 0.447. The minimum absolute atomic E-state index is 1.09. The Hall–Kier alpha value is -1.17. The number of unbranched alkanes of at least 4 members (excludes halogenated alkanes) is 3. The topological polar surface area (TPSA) is 63.2 Å². The van der Waals surface area contributed by atoms with Crippen molar-refractivity contribution in [2.75, 3.05) is 0 Å². The zero-order valence-corrected chi connectivity index (χ0v) is 7.55. The van der Waals surface area contributed by atoms with Crippen molar-refractivity contribution in [1.82, 2.24) is 0 Å². The summed E-state index contributed by atoms with van der Waals surface area (Å²) >= 11 is 0. The molecule has 0 aliphatic carbocycles. The maximum absolute atomic E-state index is 8.33. The second-order valence-electron chi connectivity index (χ2n) is 2.13. The highest BCUT2D eigenvalue weighted by Gasteiger charge is 1.78. The molecule has 0 spiro atoms. The molecule has 12 heavy (non-hydrogen) atoms. The van der Waals surface area contributed by atoms with Gasteiger partial charge in [0, 0.05) is 6.42 Å².